The van der Waals surface area contributed by atoms with Crippen LogP contribution in [0.2, 0.25) is 0 Å². The molecule has 0 saturated carbocycles. The van der Waals surface area contributed by atoms with E-state index in [-0.39, 0.29) is 5.95 Å². The van der Waals surface area contributed by atoms with E-state index in [0.29, 0.717) is 11.9 Å². The first-order valence-electron chi connectivity index (χ1n) is 6.78. The predicted octanol–water partition coefficient (Wildman–Crippen LogP) is 0.265. The molecule has 5 N–H and O–H groups in total. The van der Waals surface area contributed by atoms with Gasteiger partial charge in [0.15, 0.2) is 0 Å². The number of hydrogen-bond acceptors (Lipinski definition) is 7. The molecule has 2 heterocycles. The second-order valence-electron chi connectivity index (χ2n) is 4.72. The van der Waals surface area contributed by atoms with Gasteiger partial charge in [-0.1, -0.05) is 13.8 Å². The Morgan fingerprint density at radius 1 is 1.42 bits per heavy atom. The molecule has 7 heteroatoms. The zero-order valence-corrected chi connectivity index (χ0v) is 11.6. The molecule has 106 valence electrons. The minimum atomic E-state index is 0.247. The number of hydrogen-bond donors (Lipinski definition) is 3. The van der Waals surface area contributed by atoms with Crippen LogP contribution in [0.25, 0.3) is 0 Å². The molecule has 2 rings (SSSR count). The number of nitrogen functional groups attached to an aromatic ring is 2. The quantitative estimate of drug-likeness (QED) is 0.519. The summed E-state index contributed by atoms with van der Waals surface area (Å²) >= 11 is 0. The van der Waals surface area contributed by atoms with Crippen LogP contribution in [-0.2, 0) is 0 Å². The van der Waals surface area contributed by atoms with E-state index in [1.54, 1.807) is 0 Å². The standard InChI is InChI=1S/C12H23N7/c1-3-18(4-2)9-5-6-19(8-9)11-7-10(17-14)15-12(13)16-11/h7,9H,3-6,8,14H2,1-2H3,(H3,13,15,16,17). The van der Waals surface area contributed by atoms with Crippen molar-refractivity contribution in [2.75, 3.05) is 42.2 Å². The summed E-state index contributed by atoms with van der Waals surface area (Å²) in [5, 5.41) is 0. The van der Waals surface area contributed by atoms with E-state index >= 15 is 0 Å². The SMILES string of the molecule is CCN(CC)C1CCN(c2cc(NN)nc(N)n2)C1. The van der Waals surface area contributed by atoms with Gasteiger partial charge in [-0.15, -0.1) is 0 Å². The lowest BCUT2D eigenvalue weighted by atomic mass is 10.2. The summed E-state index contributed by atoms with van der Waals surface area (Å²) in [6, 6.07) is 2.42. The fourth-order valence-corrected chi connectivity index (χ4v) is 2.68. The second-order valence-corrected chi connectivity index (χ2v) is 4.72. The van der Waals surface area contributed by atoms with Gasteiger partial charge < -0.3 is 16.1 Å². The first-order chi connectivity index (χ1) is 9.17. The Kier molecular flexibility index (Phi) is 4.39. The fourth-order valence-electron chi connectivity index (χ4n) is 2.68. The number of anilines is 3. The van der Waals surface area contributed by atoms with Crippen LogP contribution in [0.4, 0.5) is 17.6 Å². The molecule has 1 aliphatic rings. The van der Waals surface area contributed by atoms with E-state index in [2.05, 4.69) is 39.0 Å². The number of aromatic nitrogens is 2. The van der Waals surface area contributed by atoms with Crippen LogP contribution in [0.15, 0.2) is 6.07 Å². The number of likely N-dealkylation sites (N-methyl/N-ethyl adjacent to an activating group) is 1. The molecule has 1 fully saturated rings. The van der Waals surface area contributed by atoms with Gasteiger partial charge in [0.05, 0.1) is 0 Å². The van der Waals surface area contributed by atoms with Crippen LogP contribution in [0.3, 0.4) is 0 Å². The van der Waals surface area contributed by atoms with Crippen molar-refractivity contribution in [3.05, 3.63) is 6.07 Å². The first kappa shape index (κ1) is 13.8. The summed E-state index contributed by atoms with van der Waals surface area (Å²) in [6.07, 6.45) is 1.15. The lowest BCUT2D eigenvalue weighted by Crippen LogP contribution is -2.37. The molecule has 1 saturated heterocycles. The fraction of sp³-hybridized carbons (Fsp3) is 0.667. The molecule has 0 spiro atoms. The molecule has 1 atom stereocenters. The van der Waals surface area contributed by atoms with Gasteiger partial charge in [0.2, 0.25) is 5.95 Å². The molecule has 7 nitrogen and oxygen atoms in total. The second kappa shape index (κ2) is 6.03. The van der Waals surface area contributed by atoms with Crippen molar-refractivity contribution in [2.24, 2.45) is 5.84 Å². The third kappa shape index (κ3) is 3.05. The average molecular weight is 265 g/mol. The van der Waals surface area contributed by atoms with Crippen LogP contribution >= 0.6 is 0 Å². The van der Waals surface area contributed by atoms with E-state index < -0.39 is 0 Å². The van der Waals surface area contributed by atoms with E-state index in [1.807, 2.05) is 6.07 Å². The highest BCUT2D eigenvalue weighted by Crippen LogP contribution is 2.23. The van der Waals surface area contributed by atoms with Gasteiger partial charge >= 0.3 is 0 Å². The molecule has 1 aliphatic heterocycles. The molecule has 19 heavy (non-hydrogen) atoms. The number of nitrogens with one attached hydrogen (secondary N) is 1. The van der Waals surface area contributed by atoms with Gasteiger partial charge in [-0.25, -0.2) is 5.84 Å². The minimum absolute atomic E-state index is 0.247. The van der Waals surface area contributed by atoms with Crippen molar-refractivity contribution in [3.63, 3.8) is 0 Å². The van der Waals surface area contributed by atoms with Crippen molar-refractivity contribution >= 4 is 17.6 Å². The van der Waals surface area contributed by atoms with E-state index in [0.717, 1.165) is 38.4 Å². The first-order valence-corrected chi connectivity index (χ1v) is 6.78. The van der Waals surface area contributed by atoms with Crippen LogP contribution in [0, 0.1) is 0 Å². The largest absolute Gasteiger partial charge is 0.368 e. The van der Waals surface area contributed by atoms with Gasteiger partial charge in [0.1, 0.15) is 11.6 Å². The Morgan fingerprint density at radius 3 is 2.79 bits per heavy atom. The minimum Gasteiger partial charge on any atom is -0.368 e. The summed E-state index contributed by atoms with van der Waals surface area (Å²) in [5.74, 6) is 7.02. The molecule has 0 amide bonds. The smallest absolute Gasteiger partial charge is 0.223 e. The molecule has 1 aromatic rings. The molecule has 0 aliphatic carbocycles. The van der Waals surface area contributed by atoms with E-state index in [1.165, 1.54) is 0 Å². The third-order valence-corrected chi connectivity index (χ3v) is 3.69. The summed E-state index contributed by atoms with van der Waals surface area (Å²) in [6.45, 7) is 8.52. The van der Waals surface area contributed by atoms with E-state index in [9.17, 15) is 0 Å². The van der Waals surface area contributed by atoms with Crippen molar-refractivity contribution < 1.29 is 0 Å². The lowest BCUT2D eigenvalue weighted by molar-refractivity contribution is 0.232. The Labute approximate surface area is 114 Å². The predicted molar refractivity (Wildman–Crippen MR) is 77.8 cm³/mol. The van der Waals surface area contributed by atoms with Gasteiger partial charge in [0, 0.05) is 25.2 Å². The molecule has 0 radical (unpaired) electrons. The molecular formula is C12H23N7. The third-order valence-electron chi connectivity index (χ3n) is 3.69. The highest BCUT2D eigenvalue weighted by atomic mass is 15.3. The molecule has 0 bridgehead atoms. The maximum atomic E-state index is 5.69. The van der Waals surface area contributed by atoms with Crippen molar-refractivity contribution in [1.29, 1.82) is 0 Å². The summed E-state index contributed by atoms with van der Waals surface area (Å²) in [7, 11) is 0. The van der Waals surface area contributed by atoms with Gasteiger partial charge in [0.25, 0.3) is 0 Å². The zero-order valence-electron chi connectivity index (χ0n) is 11.6. The zero-order chi connectivity index (χ0) is 13.8. The van der Waals surface area contributed by atoms with Crippen molar-refractivity contribution in [2.45, 2.75) is 26.3 Å². The van der Waals surface area contributed by atoms with Gasteiger partial charge in [-0.2, -0.15) is 9.97 Å². The summed E-state index contributed by atoms with van der Waals surface area (Å²) < 4.78 is 0. The monoisotopic (exact) mass is 265 g/mol. The number of rotatable bonds is 5. The lowest BCUT2D eigenvalue weighted by Gasteiger charge is -2.26. The van der Waals surface area contributed by atoms with Crippen molar-refractivity contribution in [1.82, 2.24) is 14.9 Å². The summed E-state index contributed by atoms with van der Waals surface area (Å²) in [4.78, 5) is 13.0. The maximum Gasteiger partial charge on any atom is 0.223 e. The average Bonchev–Trinajstić information content (AvgIpc) is 2.89. The van der Waals surface area contributed by atoms with Crippen LogP contribution in [-0.4, -0.2) is 47.1 Å². The molecular weight excluding hydrogens is 242 g/mol. The Morgan fingerprint density at radius 2 is 2.16 bits per heavy atom. The van der Waals surface area contributed by atoms with E-state index in [4.69, 9.17) is 11.6 Å². The van der Waals surface area contributed by atoms with Crippen LogP contribution in [0.5, 0.6) is 0 Å². The molecule has 1 unspecified atom stereocenters. The topological polar surface area (TPSA) is 96.3 Å². The highest BCUT2D eigenvalue weighted by molar-refractivity contribution is 5.52. The molecule has 0 aromatic carbocycles. The highest BCUT2D eigenvalue weighted by Gasteiger charge is 2.27. The summed E-state index contributed by atoms with van der Waals surface area (Å²) in [5.41, 5.74) is 8.21. The van der Waals surface area contributed by atoms with Crippen LogP contribution in [0.1, 0.15) is 20.3 Å². The Bertz CT molecular complexity index is 419. The van der Waals surface area contributed by atoms with Gasteiger partial charge in [-0.3, -0.25) is 4.90 Å². The number of hydrazine groups is 1. The van der Waals surface area contributed by atoms with Crippen molar-refractivity contribution in [3.8, 4) is 0 Å². The Balaban J connectivity index is 2.10. The number of nitrogens with zero attached hydrogens (tertiary/aromatic N) is 4. The maximum absolute atomic E-state index is 5.69. The van der Waals surface area contributed by atoms with Gasteiger partial charge in [-0.05, 0) is 19.5 Å². The Hall–Kier alpha value is -1.60. The molecule has 1 aromatic heterocycles. The normalized spacial score (nSPS) is 19.2. The number of nitrogens with two attached hydrogens (primary N) is 2. The van der Waals surface area contributed by atoms with Crippen LogP contribution < -0.4 is 21.9 Å².